The van der Waals surface area contributed by atoms with Crippen molar-refractivity contribution in [3.8, 4) is 0 Å². The van der Waals surface area contributed by atoms with Gasteiger partial charge in [0.15, 0.2) is 0 Å². The lowest BCUT2D eigenvalue weighted by Crippen LogP contribution is -2.26. The molecule has 0 atom stereocenters. The van der Waals surface area contributed by atoms with Gasteiger partial charge >= 0.3 is 0 Å². The Morgan fingerprint density at radius 1 is 1.50 bits per heavy atom. The van der Waals surface area contributed by atoms with Crippen molar-refractivity contribution >= 4 is 5.91 Å². The van der Waals surface area contributed by atoms with Crippen LogP contribution in [-0.2, 0) is 6.54 Å². The predicted octanol–water partition coefficient (Wildman–Crippen LogP) is -0.133. The molecule has 0 saturated heterocycles. The van der Waals surface area contributed by atoms with Crippen molar-refractivity contribution in [1.29, 1.82) is 0 Å². The zero-order valence-electron chi connectivity index (χ0n) is 8.66. The lowest BCUT2D eigenvalue weighted by Gasteiger charge is -2.14. The van der Waals surface area contributed by atoms with Gasteiger partial charge < -0.3 is 4.90 Å². The summed E-state index contributed by atoms with van der Waals surface area (Å²) in [5, 5.41) is 13.7. The van der Waals surface area contributed by atoms with Gasteiger partial charge in [0.25, 0.3) is 5.91 Å². The average Bonchev–Trinajstić information content (AvgIpc) is 2.82. The van der Waals surface area contributed by atoms with Crippen molar-refractivity contribution in [3.63, 3.8) is 0 Å². The molecule has 2 aromatic heterocycles. The van der Waals surface area contributed by atoms with Crippen LogP contribution in [0, 0.1) is 0 Å². The highest BCUT2D eigenvalue weighted by molar-refractivity contribution is 5.93. The Morgan fingerprint density at radius 2 is 2.38 bits per heavy atom. The van der Waals surface area contributed by atoms with Crippen LogP contribution in [0.3, 0.4) is 0 Å². The van der Waals surface area contributed by atoms with Gasteiger partial charge in [-0.2, -0.15) is 15.3 Å². The molecule has 0 fully saturated rings. The molecule has 2 rings (SSSR count). The number of hydrogen-bond acceptors (Lipinski definition) is 5. The number of aromatic nitrogens is 5. The van der Waals surface area contributed by atoms with Gasteiger partial charge in [0.05, 0.1) is 24.5 Å². The van der Waals surface area contributed by atoms with Crippen molar-refractivity contribution < 1.29 is 4.79 Å². The first kappa shape index (κ1) is 10.2. The molecule has 2 aromatic rings. The van der Waals surface area contributed by atoms with Crippen LogP contribution in [0.2, 0.25) is 0 Å². The molecule has 0 bridgehead atoms. The van der Waals surface area contributed by atoms with E-state index in [0.717, 1.165) is 0 Å². The van der Waals surface area contributed by atoms with Crippen molar-refractivity contribution in [2.45, 2.75) is 6.54 Å². The maximum Gasteiger partial charge on any atom is 0.255 e. The van der Waals surface area contributed by atoms with Crippen LogP contribution >= 0.6 is 0 Å². The van der Waals surface area contributed by atoms with Gasteiger partial charge in [-0.25, -0.2) is 4.98 Å². The molecule has 0 radical (unpaired) electrons. The van der Waals surface area contributed by atoms with Crippen LogP contribution in [0.5, 0.6) is 0 Å². The number of nitrogens with one attached hydrogen (secondary N) is 1. The number of carbonyl (C=O) groups is 1. The second kappa shape index (κ2) is 4.47. The molecule has 1 amide bonds. The van der Waals surface area contributed by atoms with Crippen molar-refractivity contribution in [2.75, 3.05) is 7.05 Å². The third-order valence-electron chi connectivity index (χ3n) is 2.03. The highest BCUT2D eigenvalue weighted by Gasteiger charge is 2.12. The molecule has 2 heterocycles. The molecule has 1 N–H and O–H groups in total. The summed E-state index contributed by atoms with van der Waals surface area (Å²) >= 11 is 0. The van der Waals surface area contributed by atoms with Crippen LogP contribution in [0.4, 0.5) is 0 Å². The van der Waals surface area contributed by atoms with E-state index in [0.29, 0.717) is 17.9 Å². The van der Waals surface area contributed by atoms with Gasteiger partial charge in [0.1, 0.15) is 12.2 Å². The first-order valence-corrected chi connectivity index (χ1v) is 4.64. The van der Waals surface area contributed by atoms with Crippen molar-refractivity contribution in [2.24, 2.45) is 0 Å². The summed E-state index contributed by atoms with van der Waals surface area (Å²) in [6.07, 6.45) is 4.32. The zero-order valence-corrected chi connectivity index (χ0v) is 8.66. The molecule has 0 aliphatic carbocycles. The summed E-state index contributed by atoms with van der Waals surface area (Å²) in [5.74, 6) is 0.504. The molecule has 0 aliphatic rings. The Balaban J connectivity index is 2.05. The predicted molar refractivity (Wildman–Crippen MR) is 54.2 cm³/mol. The number of rotatable bonds is 3. The van der Waals surface area contributed by atoms with Crippen LogP contribution in [-0.4, -0.2) is 43.2 Å². The number of aromatic amines is 1. The molecule has 7 heteroatoms. The standard InChI is InChI=1S/C9H10N6O/c1-15(5-8-10-6-13-14-8)9(16)7-2-3-11-12-4-7/h2-4,6H,5H2,1H3,(H,10,13,14). The molecule has 16 heavy (non-hydrogen) atoms. The Labute approximate surface area is 91.5 Å². The summed E-state index contributed by atoms with van der Waals surface area (Å²) < 4.78 is 0. The summed E-state index contributed by atoms with van der Waals surface area (Å²) in [7, 11) is 1.69. The molecule has 0 saturated carbocycles. The SMILES string of the molecule is CN(Cc1ncn[nH]1)C(=O)c1ccnnc1. The highest BCUT2D eigenvalue weighted by Crippen LogP contribution is 2.02. The fourth-order valence-electron chi connectivity index (χ4n) is 1.24. The topological polar surface area (TPSA) is 87.7 Å². The smallest absolute Gasteiger partial charge is 0.255 e. The Hall–Kier alpha value is -2.31. The lowest BCUT2D eigenvalue weighted by atomic mass is 10.3. The van der Waals surface area contributed by atoms with Crippen molar-refractivity contribution in [1.82, 2.24) is 30.3 Å². The van der Waals surface area contributed by atoms with Gasteiger partial charge in [-0.1, -0.05) is 0 Å². The van der Waals surface area contributed by atoms with Gasteiger partial charge in [-0.15, -0.1) is 0 Å². The van der Waals surface area contributed by atoms with E-state index < -0.39 is 0 Å². The molecule has 0 aromatic carbocycles. The Kier molecular flexibility index (Phi) is 2.86. The Bertz CT molecular complexity index is 454. The van der Waals surface area contributed by atoms with Gasteiger partial charge in [0.2, 0.25) is 0 Å². The molecule has 0 spiro atoms. The zero-order chi connectivity index (χ0) is 11.4. The van der Waals surface area contributed by atoms with E-state index in [1.807, 2.05) is 0 Å². The maximum absolute atomic E-state index is 11.9. The monoisotopic (exact) mass is 218 g/mol. The lowest BCUT2D eigenvalue weighted by molar-refractivity contribution is 0.0781. The van der Waals surface area contributed by atoms with Crippen molar-refractivity contribution in [3.05, 3.63) is 36.2 Å². The number of nitrogens with zero attached hydrogens (tertiary/aromatic N) is 5. The van der Waals surface area contributed by atoms with E-state index in [9.17, 15) is 4.79 Å². The van der Waals surface area contributed by atoms with E-state index in [-0.39, 0.29) is 5.91 Å². The first-order chi connectivity index (χ1) is 7.77. The molecule has 0 aliphatic heterocycles. The number of carbonyl (C=O) groups excluding carboxylic acids is 1. The van der Waals surface area contributed by atoms with Crippen LogP contribution in [0.1, 0.15) is 16.2 Å². The third-order valence-corrected chi connectivity index (χ3v) is 2.03. The minimum Gasteiger partial charge on any atom is -0.334 e. The summed E-state index contributed by atoms with van der Waals surface area (Å²) in [6, 6.07) is 1.62. The quantitative estimate of drug-likeness (QED) is 0.775. The second-order valence-electron chi connectivity index (χ2n) is 3.22. The van der Waals surface area contributed by atoms with Gasteiger partial charge in [0, 0.05) is 7.05 Å². The Morgan fingerprint density at radius 3 is 3.00 bits per heavy atom. The fraction of sp³-hybridized carbons (Fsp3) is 0.222. The van der Waals surface area contributed by atoms with E-state index in [4.69, 9.17) is 0 Å². The summed E-state index contributed by atoms with van der Waals surface area (Å²) in [6.45, 7) is 0.376. The first-order valence-electron chi connectivity index (χ1n) is 4.64. The summed E-state index contributed by atoms with van der Waals surface area (Å²) in [5.41, 5.74) is 0.497. The van der Waals surface area contributed by atoms with Crippen LogP contribution in [0.15, 0.2) is 24.8 Å². The van der Waals surface area contributed by atoms with Crippen LogP contribution < -0.4 is 0 Å². The van der Waals surface area contributed by atoms with E-state index in [1.54, 1.807) is 13.1 Å². The largest absolute Gasteiger partial charge is 0.334 e. The minimum atomic E-state index is -0.133. The molecular weight excluding hydrogens is 208 g/mol. The molecule has 82 valence electrons. The van der Waals surface area contributed by atoms with Crippen LogP contribution in [0.25, 0.3) is 0 Å². The molecule has 0 unspecified atom stereocenters. The third kappa shape index (κ3) is 2.19. The van der Waals surface area contributed by atoms with E-state index in [2.05, 4.69) is 25.4 Å². The normalized spacial score (nSPS) is 10.1. The van der Waals surface area contributed by atoms with E-state index >= 15 is 0 Å². The second-order valence-corrected chi connectivity index (χ2v) is 3.22. The maximum atomic E-state index is 11.9. The molecule has 7 nitrogen and oxygen atoms in total. The summed E-state index contributed by atoms with van der Waals surface area (Å²) in [4.78, 5) is 17.3. The highest BCUT2D eigenvalue weighted by atomic mass is 16.2. The average molecular weight is 218 g/mol. The van der Waals surface area contributed by atoms with Gasteiger partial charge in [-0.05, 0) is 6.07 Å². The fourth-order valence-corrected chi connectivity index (χ4v) is 1.24. The number of amides is 1. The number of hydrogen-bond donors (Lipinski definition) is 1. The number of H-pyrrole nitrogens is 1. The van der Waals surface area contributed by atoms with Gasteiger partial charge in [-0.3, -0.25) is 9.89 Å². The minimum absolute atomic E-state index is 0.133. The van der Waals surface area contributed by atoms with E-state index in [1.165, 1.54) is 23.6 Å². The molecular formula is C9H10N6O.